The average Bonchev–Trinajstić information content (AvgIpc) is 3.27. The number of hydrogen-bond acceptors (Lipinski definition) is 5. The van der Waals surface area contributed by atoms with Crippen molar-refractivity contribution in [1.82, 2.24) is 9.88 Å². The first-order valence-corrected chi connectivity index (χ1v) is 12.0. The summed E-state index contributed by atoms with van der Waals surface area (Å²) in [5.41, 5.74) is 3.59. The fourth-order valence-corrected chi connectivity index (χ4v) is 4.34. The van der Waals surface area contributed by atoms with Gasteiger partial charge in [0.15, 0.2) is 0 Å². The van der Waals surface area contributed by atoms with Crippen LogP contribution in [0.25, 0.3) is 11.1 Å². The summed E-state index contributed by atoms with van der Waals surface area (Å²) in [7, 11) is 0. The summed E-state index contributed by atoms with van der Waals surface area (Å²) < 4.78 is 11.2. The number of rotatable bonds is 6. The van der Waals surface area contributed by atoms with Gasteiger partial charge in [0.05, 0.1) is 0 Å². The third kappa shape index (κ3) is 6.69. The van der Waals surface area contributed by atoms with Crippen molar-refractivity contribution in [2.75, 3.05) is 6.54 Å². The molecule has 1 aliphatic heterocycles. The van der Waals surface area contributed by atoms with Gasteiger partial charge in [0.1, 0.15) is 18.2 Å². The van der Waals surface area contributed by atoms with Crippen LogP contribution in [0.3, 0.4) is 0 Å². The molecule has 1 fully saturated rings. The lowest BCUT2D eigenvalue weighted by molar-refractivity contribution is -0.150. The van der Waals surface area contributed by atoms with Crippen LogP contribution in [-0.4, -0.2) is 40.1 Å². The van der Waals surface area contributed by atoms with E-state index in [0.717, 1.165) is 28.7 Å². The number of nitrogens with zero attached hydrogens (tertiary/aromatic N) is 2. The molecule has 0 radical (unpaired) electrons. The highest BCUT2D eigenvalue weighted by molar-refractivity contribution is 5.82. The Kier molecular flexibility index (Phi) is 7.49. The van der Waals surface area contributed by atoms with E-state index in [4.69, 9.17) is 9.47 Å². The van der Waals surface area contributed by atoms with E-state index < -0.39 is 23.7 Å². The Morgan fingerprint density at radius 1 is 0.943 bits per heavy atom. The topological polar surface area (TPSA) is 68.7 Å². The van der Waals surface area contributed by atoms with Gasteiger partial charge in [0.25, 0.3) is 0 Å². The molecule has 2 heterocycles. The summed E-state index contributed by atoms with van der Waals surface area (Å²) >= 11 is 0. The number of likely N-dealkylation sites (tertiary alicyclic amines) is 1. The molecular weight excluding hydrogens is 440 g/mol. The zero-order valence-corrected chi connectivity index (χ0v) is 20.5. The molecule has 6 heteroatoms. The Hall–Kier alpha value is -3.67. The van der Waals surface area contributed by atoms with Crippen LogP contribution >= 0.6 is 0 Å². The van der Waals surface area contributed by atoms with Crippen molar-refractivity contribution in [3.8, 4) is 11.1 Å². The summed E-state index contributed by atoms with van der Waals surface area (Å²) in [4.78, 5) is 31.7. The normalized spacial score (nSPS) is 17.7. The van der Waals surface area contributed by atoms with Gasteiger partial charge in [-0.25, -0.2) is 9.59 Å². The second-order valence-corrected chi connectivity index (χ2v) is 9.99. The molecule has 1 amide bonds. The summed E-state index contributed by atoms with van der Waals surface area (Å²) in [6.07, 6.45) is 4.42. The molecule has 35 heavy (non-hydrogen) atoms. The Balaban J connectivity index is 1.44. The SMILES string of the molecule is CC(C)(C)OC(=O)N1C[C@@H](Cc2ccc(-c3cccnc3)cc2)C[C@@H]1C(=O)OCc1ccccc1. The van der Waals surface area contributed by atoms with Gasteiger partial charge in [-0.05, 0) is 67.9 Å². The monoisotopic (exact) mass is 472 g/mol. The highest BCUT2D eigenvalue weighted by atomic mass is 16.6. The van der Waals surface area contributed by atoms with E-state index in [9.17, 15) is 9.59 Å². The number of esters is 1. The quantitative estimate of drug-likeness (QED) is 0.433. The van der Waals surface area contributed by atoms with Crippen molar-refractivity contribution in [2.45, 2.75) is 51.9 Å². The summed E-state index contributed by atoms with van der Waals surface area (Å²) in [6, 6.07) is 21.2. The van der Waals surface area contributed by atoms with Crippen molar-refractivity contribution in [2.24, 2.45) is 5.92 Å². The minimum absolute atomic E-state index is 0.126. The number of amides is 1. The predicted octanol–water partition coefficient (Wildman–Crippen LogP) is 5.66. The summed E-state index contributed by atoms with van der Waals surface area (Å²) in [5.74, 6) is -0.268. The van der Waals surface area contributed by atoms with Crippen molar-refractivity contribution < 1.29 is 19.1 Å². The molecule has 1 aromatic heterocycles. The van der Waals surface area contributed by atoms with E-state index in [1.165, 1.54) is 4.90 Å². The molecule has 0 spiro atoms. The molecule has 2 atom stereocenters. The van der Waals surface area contributed by atoms with Crippen LogP contribution in [0, 0.1) is 5.92 Å². The third-order valence-corrected chi connectivity index (χ3v) is 5.98. The number of carbonyl (C=O) groups is 2. The molecule has 0 aliphatic carbocycles. The van der Waals surface area contributed by atoms with Gasteiger partial charge in [0, 0.05) is 18.9 Å². The maximum Gasteiger partial charge on any atom is 0.411 e. The lowest BCUT2D eigenvalue weighted by Crippen LogP contribution is -2.44. The van der Waals surface area contributed by atoms with Crippen LogP contribution in [0.2, 0.25) is 0 Å². The van der Waals surface area contributed by atoms with Gasteiger partial charge in [-0.2, -0.15) is 0 Å². The van der Waals surface area contributed by atoms with Crippen LogP contribution in [0.5, 0.6) is 0 Å². The first-order chi connectivity index (χ1) is 16.8. The molecule has 0 bridgehead atoms. The summed E-state index contributed by atoms with van der Waals surface area (Å²) in [5, 5.41) is 0. The van der Waals surface area contributed by atoms with Crippen molar-refractivity contribution in [3.05, 3.63) is 90.3 Å². The van der Waals surface area contributed by atoms with Crippen molar-refractivity contribution in [3.63, 3.8) is 0 Å². The Morgan fingerprint density at radius 2 is 1.69 bits per heavy atom. The largest absolute Gasteiger partial charge is 0.459 e. The van der Waals surface area contributed by atoms with Gasteiger partial charge >= 0.3 is 12.1 Å². The van der Waals surface area contributed by atoms with Crippen LogP contribution in [0.1, 0.15) is 38.3 Å². The van der Waals surface area contributed by atoms with E-state index in [1.54, 1.807) is 6.20 Å². The molecule has 1 aliphatic rings. The van der Waals surface area contributed by atoms with E-state index >= 15 is 0 Å². The number of pyridine rings is 1. The highest BCUT2D eigenvalue weighted by Crippen LogP contribution is 2.30. The van der Waals surface area contributed by atoms with Crippen molar-refractivity contribution >= 4 is 12.1 Å². The minimum Gasteiger partial charge on any atom is -0.459 e. The van der Waals surface area contributed by atoms with Crippen LogP contribution in [0.15, 0.2) is 79.1 Å². The molecule has 1 saturated heterocycles. The molecule has 0 N–H and O–H groups in total. The van der Waals surface area contributed by atoms with Crippen LogP contribution in [-0.2, 0) is 27.3 Å². The number of aromatic nitrogens is 1. The van der Waals surface area contributed by atoms with E-state index in [2.05, 4.69) is 29.2 Å². The number of ether oxygens (including phenoxy) is 2. The number of benzene rings is 2. The first kappa shape index (κ1) is 24.5. The van der Waals surface area contributed by atoms with E-state index in [0.29, 0.717) is 13.0 Å². The Bertz CT molecular complexity index is 1120. The zero-order valence-electron chi connectivity index (χ0n) is 20.5. The predicted molar refractivity (Wildman–Crippen MR) is 134 cm³/mol. The fourth-order valence-electron chi connectivity index (χ4n) is 4.34. The molecule has 0 saturated carbocycles. The lowest BCUT2D eigenvalue weighted by Gasteiger charge is -2.27. The molecule has 182 valence electrons. The average molecular weight is 473 g/mol. The smallest absolute Gasteiger partial charge is 0.411 e. The van der Waals surface area contributed by atoms with Crippen molar-refractivity contribution in [1.29, 1.82) is 0 Å². The Labute approximate surface area is 206 Å². The van der Waals surface area contributed by atoms with Crippen LogP contribution in [0.4, 0.5) is 4.79 Å². The maximum absolute atomic E-state index is 13.0. The lowest BCUT2D eigenvalue weighted by atomic mass is 9.95. The second kappa shape index (κ2) is 10.7. The molecular formula is C29H32N2O4. The molecule has 3 aromatic rings. The number of hydrogen-bond donors (Lipinski definition) is 0. The molecule has 4 rings (SSSR count). The molecule has 6 nitrogen and oxygen atoms in total. The zero-order chi connectivity index (χ0) is 24.8. The highest BCUT2D eigenvalue weighted by Gasteiger charge is 2.42. The summed E-state index contributed by atoms with van der Waals surface area (Å²) in [6.45, 7) is 6.10. The maximum atomic E-state index is 13.0. The minimum atomic E-state index is -0.659. The van der Waals surface area contributed by atoms with E-state index in [1.807, 2.05) is 69.4 Å². The van der Waals surface area contributed by atoms with Gasteiger partial charge < -0.3 is 9.47 Å². The Morgan fingerprint density at radius 3 is 2.34 bits per heavy atom. The third-order valence-electron chi connectivity index (χ3n) is 5.98. The first-order valence-electron chi connectivity index (χ1n) is 12.0. The van der Waals surface area contributed by atoms with Gasteiger partial charge in [-0.15, -0.1) is 0 Å². The molecule has 2 aromatic carbocycles. The van der Waals surface area contributed by atoms with Gasteiger partial charge in [0.2, 0.25) is 0 Å². The number of carbonyl (C=O) groups excluding carboxylic acids is 2. The fraction of sp³-hybridized carbons (Fsp3) is 0.345. The van der Waals surface area contributed by atoms with Crippen LogP contribution < -0.4 is 0 Å². The second-order valence-electron chi connectivity index (χ2n) is 9.99. The van der Waals surface area contributed by atoms with Gasteiger partial charge in [-0.1, -0.05) is 60.7 Å². The van der Waals surface area contributed by atoms with Gasteiger partial charge in [-0.3, -0.25) is 9.88 Å². The standard InChI is InChI=1S/C29H32N2O4/c1-29(2,3)35-28(33)31-19-23(17-26(31)27(32)34-20-22-8-5-4-6-9-22)16-21-11-13-24(14-12-21)25-10-7-15-30-18-25/h4-15,18,23,26H,16-17,19-20H2,1-3H3/t23-,26+/m0/s1. The van der Waals surface area contributed by atoms with E-state index in [-0.39, 0.29) is 12.5 Å². The molecule has 0 unspecified atom stereocenters.